The van der Waals surface area contributed by atoms with Crippen molar-refractivity contribution in [2.75, 3.05) is 26.6 Å². The van der Waals surface area contributed by atoms with Crippen molar-refractivity contribution >= 4 is 34.2 Å². The van der Waals surface area contributed by atoms with Crippen molar-refractivity contribution in [1.29, 1.82) is 0 Å². The number of anilines is 1. The van der Waals surface area contributed by atoms with Gasteiger partial charge in [0.15, 0.2) is 17.3 Å². The van der Waals surface area contributed by atoms with E-state index in [1.807, 2.05) is 0 Å². The van der Waals surface area contributed by atoms with Gasteiger partial charge in [-0.3, -0.25) is 4.79 Å². The molecule has 1 N–H and O–H groups in total. The molecule has 0 radical (unpaired) electrons. The molecule has 130 valence electrons. The fraction of sp³-hybridized carbons (Fsp3) is 0.167. The number of benzene rings is 2. The lowest BCUT2D eigenvalue weighted by atomic mass is 10.2. The van der Waals surface area contributed by atoms with E-state index in [9.17, 15) is 4.79 Å². The van der Waals surface area contributed by atoms with Crippen LogP contribution in [0.15, 0.2) is 40.8 Å². The first kappa shape index (κ1) is 17.0. The molecule has 0 aliphatic carbocycles. The number of fused-ring (bicyclic) bond motifs is 1. The number of methoxy groups -OCH3 is 3. The lowest BCUT2D eigenvalue weighted by molar-refractivity contribution is 0.0998. The summed E-state index contributed by atoms with van der Waals surface area (Å²) in [5, 5.41) is 4.08. The lowest BCUT2D eigenvalue weighted by Gasteiger charge is -2.14. The zero-order valence-corrected chi connectivity index (χ0v) is 14.6. The van der Waals surface area contributed by atoms with E-state index >= 15 is 0 Å². The summed E-state index contributed by atoms with van der Waals surface area (Å²) in [6.45, 7) is 0. The summed E-state index contributed by atoms with van der Waals surface area (Å²) in [5.41, 5.74) is 1.07. The maximum atomic E-state index is 12.5. The van der Waals surface area contributed by atoms with Gasteiger partial charge in [-0.2, -0.15) is 0 Å². The van der Waals surface area contributed by atoms with Crippen molar-refractivity contribution in [3.63, 3.8) is 0 Å². The molecule has 0 spiro atoms. The minimum Gasteiger partial charge on any atom is -0.493 e. The van der Waals surface area contributed by atoms with E-state index in [0.29, 0.717) is 33.5 Å². The minimum atomic E-state index is -0.401. The summed E-state index contributed by atoms with van der Waals surface area (Å²) in [6, 6.07) is 10.1. The van der Waals surface area contributed by atoms with E-state index in [1.165, 1.54) is 21.3 Å². The van der Waals surface area contributed by atoms with Crippen molar-refractivity contribution in [2.24, 2.45) is 0 Å². The Kier molecular flexibility index (Phi) is 4.72. The molecule has 0 unspecified atom stereocenters. The van der Waals surface area contributed by atoms with Crippen LogP contribution in [0.25, 0.3) is 11.0 Å². The Hall–Kier alpha value is -2.86. The normalized spacial score (nSPS) is 10.6. The van der Waals surface area contributed by atoms with Gasteiger partial charge in [0.1, 0.15) is 5.58 Å². The van der Waals surface area contributed by atoms with Gasteiger partial charge in [0.2, 0.25) is 5.75 Å². The molecule has 0 saturated heterocycles. The quantitative estimate of drug-likeness (QED) is 0.731. The molecule has 0 aliphatic rings. The number of halogens is 1. The topological polar surface area (TPSA) is 69.9 Å². The summed E-state index contributed by atoms with van der Waals surface area (Å²) in [4.78, 5) is 12.5. The summed E-state index contributed by atoms with van der Waals surface area (Å²) < 4.78 is 21.4. The Bertz CT molecular complexity index is 909. The third kappa shape index (κ3) is 3.34. The zero-order valence-electron chi connectivity index (χ0n) is 13.9. The van der Waals surface area contributed by atoms with E-state index in [2.05, 4.69) is 5.32 Å². The van der Waals surface area contributed by atoms with Gasteiger partial charge in [0.25, 0.3) is 5.91 Å². The molecule has 3 rings (SSSR count). The number of carbonyl (C=O) groups excluding carboxylic acids is 1. The molecule has 1 heterocycles. The summed E-state index contributed by atoms with van der Waals surface area (Å²) in [5.74, 6) is 1.09. The van der Waals surface area contributed by atoms with Crippen LogP contribution in [-0.2, 0) is 0 Å². The van der Waals surface area contributed by atoms with Gasteiger partial charge in [0.05, 0.1) is 21.3 Å². The predicted molar refractivity (Wildman–Crippen MR) is 95.3 cm³/mol. The third-order valence-corrected chi connectivity index (χ3v) is 3.86. The Morgan fingerprint density at radius 2 is 1.68 bits per heavy atom. The Labute approximate surface area is 149 Å². The largest absolute Gasteiger partial charge is 0.493 e. The van der Waals surface area contributed by atoms with Crippen LogP contribution in [0.4, 0.5) is 5.69 Å². The molecular formula is C18H16ClNO5. The Balaban J connectivity index is 1.91. The molecule has 1 aromatic heterocycles. The average molecular weight is 362 g/mol. The summed E-state index contributed by atoms with van der Waals surface area (Å²) in [7, 11) is 4.52. The predicted octanol–water partition coefficient (Wildman–Crippen LogP) is 4.36. The minimum absolute atomic E-state index is 0.172. The number of hydrogen-bond donors (Lipinski definition) is 1. The van der Waals surface area contributed by atoms with Crippen molar-refractivity contribution < 1.29 is 23.4 Å². The second-order valence-corrected chi connectivity index (χ2v) is 5.60. The van der Waals surface area contributed by atoms with Crippen LogP contribution in [0, 0.1) is 0 Å². The second-order valence-electron chi connectivity index (χ2n) is 5.16. The van der Waals surface area contributed by atoms with Gasteiger partial charge < -0.3 is 23.9 Å². The summed E-state index contributed by atoms with van der Waals surface area (Å²) >= 11 is 5.95. The fourth-order valence-electron chi connectivity index (χ4n) is 2.47. The van der Waals surface area contributed by atoms with E-state index in [4.69, 9.17) is 30.2 Å². The molecule has 2 aromatic carbocycles. The average Bonchev–Trinajstić information content (AvgIpc) is 3.04. The fourth-order valence-corrected chi connectivity index (χ4v) is 2.65. The smallest absolute Gasteiger partial charge is 0.291 e. The van der Waals surface area contributed by atoms with Gasteiger partial charge in [-0.05, 0) is 24.3 Å². The first-order valence-electron chi connectivity index (χ1n) is 7.36. The Morgan fingerprint density at radius 1 is 1.00 bits per heavy atom. The molecule has 1 amide bonds. The van der Waals surface area contributed by atoms with Gasteiger partial charge in [-0.1, -0.05) is 11.6 Å². The van der Waals surface area contributed by atoms with Crippen molar-refractivity contribution in [3.8, 4) is 17.2 Å². The molecule has 3 aromatic rings. The van der Waals surface area contributed by atoms with Crippen molar-refractivity contribution in [2.45, 2.75) is 0 Å². The van der Waals surface area contributed by atoms with Crippen LogP contribution in [0.2, 0.25) is 5.02 Å². The number of nitrogens with one attached hydrogen (secondary N) is 1. The standard InChI is InChI=1S/C18H16ClNO5/c1-22-14-8-12(9-15(23-2)17(14)24-3)20-18(21)16-7-10-6-11(19)4-5-13(10)25-16/h4-9H,1-3H3,(H,20,21). The van der Waals surface area contributed by atoms with Crippen LogP contribution >= 0.6 is 11.6 Å². The monoisotopic (exact) mass is 361 g/mol. The number of ether oxygens (including phenoxy) is 3. The van der Waals surface area contributed by atoms with Gasteiger partial charge >= 0.3 is 0 Å². The van der Waals surface area contributed by atoms with Crippen LogP contribution in [0.5, 0.6) is 17.2 Å². The van der Waals surface area contributed by atoms with E-state index < -0.39 is 5.91 Å². The van der Waals surface area contributed by atoms with Crippen LogP contribution in [0.1, 0.15) is 10.6 Å². The van der Waals surface area contributed by atoms with Crippen LogP contribution < -0.4 is 19.5 Å². The lowest BCUT2D eigenvalue weighted by Crippen LogP contribution is -2.11. The highest BCUT2D eigenvalue weighted by Crippen LogP contribution is 2.40. The van der Waals surface area contributed by atoms with Crippen molar-refractivity contribution in [3.05, 3.63) is 47.2 Å². The SMILES string of the molecule is COc1cc(NC(=O)c2cc3cc(Cl)ccc3o2)cc(OC)c1OC. The Morgan fingerprint density at radius 3 is 2.28 bits per heavy atom. The van der Waals surface area contributed by atoms with E-state index in [1.54, 1.807) is 36.4 Å². The number of furan rings is 1. The van der Waals surface area contributed by atoms with E-state index in [0.717, 1.165) is 5.39 Å². The van der Waals surface area contributed by atoms with Gasteiger partial charge in [0, 0.05) is 28.2 Å². The second kappa shape index (κ2) is 6.94. The molecule has 7 heteroatoms. The number of hydrogen-bond acceptors (Lipinski definition) is 5. The molecule has 25 heavy (non-hydrogen) atoms. The number of carbonyl (C=O) groups is 1. The highest BCUT2D eigenvalue weighted by atomic mass is 35.5. The highest BCUT2D eigenvalue weighted by molar-refractivity contribution is 6.31. The molecule has 0 atom stereocenters. The third-order valence-electron chi connectivity index (χ3n) is 3.62. The number of amides is 1. The van der Waals surface area contributed by atoms with Crippen molar-refractivity contribution in [1.82, 2.24) is 0 Å². The summed E-state index contributed by atoms with van der Waals surface area (Å²) in [6.07, 6.45) is 0. The molecule has 0 aliphatic heterocycles. The molecule has 6 nitrogen and oxygen atoms in total. The zero-order chi connectivity index (χ0) is 18.0. The first-order chi connectivity index (χ1) is 12.0. The maximum Gasteiger partial charge on any atom is 0.291 e. The molecule has 0 bridgehead atoms. The van der Waals surface area contributed by atoms with Crippen LogP contribution in [-0.4, -0.2) is 27.2 Å². The highest BCUT2D eigenvalue weighted by Gasteiger charge is 2.17. The molecule has 0 saturated carbocycles. The number of rotatable bonds is 5. The van der Waals surface area contributed by atoms with Crippen LogP contribution in [0.3, 0.4) is 0 Å². The first-order valence-corrected chi connectivity index (χ1v) is 7.74. The molecular weight excluding hydrogens is 346 g/mol. The van der Waals surface area contributed by atoms with Gasteiger partial charge in [-0.15, -0.1) is 0 Å². The maximum absolute atomic E-state index is 12.5. The van der Waals surface area contributed by atoms with Gasteiger partial charge in [-0.25, -0.2) is 0 Å². The molecule has 0 fully saturated rings. The van der Waals surface area contributed by atoms with E-state index in [-0.39, 0.29) is 5.76 Å².